The van der Waals surface area contributed by atoms with Gasteiger partial charge < -0.3 is 5.11 Å². The van der Waals surface area contributed by atoms with Crippen molar-refractivity contribution in [3.05, 3.63) is 103 Å². The second-order valence-electron chi connectivity index (χ2n) is 9.40. The highest BCUT2D eigenvalue weighted by Crippen LogP contribution is 2.28. The van der Waals surface area contributed by atoms with E-state index in [2.05, 4.69) is 73.8 Å². The molecule has 0 unspecified atom stereocenters. The number of hydrogen-bond donors (Lipinski definition) is 1. The molecule has 0 heterocycles. The summed E-state index contributed by atoms with van der Waals surface area (Å²) in [5.41, 5.74) is 2.09. The first kappa shape index (κ1) is 31.4. The number of ketones is 2. The Balaban J connectivity index is 0.000000267. The van der Waals surface area contributed by atoms with Crippen molar-refractivity contribution in [1.29, 1.82) is 0 Å². The zero-order valence-corrected chi connectivity index (χ0v) is 25.8. The zero-order valence-electron chi connectivity index (χ0n) is 21.0. The molecule has 0 saturated heterocycles. The normalized spacial score (nSPS) is 10.9. The molecule has 0 aliphatic carbocycles. The lowest BCUT2D eigenvalue weighted by molar-refractivity contribution is -0.118. The minimum atomic E-state index is -0.735. The molecule has 35 heavy (non-hydrogen) atoms. The van der Waals surface area contributed by atoms with E-state index >= 15 is 0 Å². The first-order valence-electron chi connectivity index (χ1n) is 11.1. The average Bonchev–Trinajstić information content (AvgIpc) is 2.74. The van der Waals surface area contributed by atoms with Gasteiger partial charge in [0.15, 0.2) is 5.78 Å². The summed E-state index contributed by atoms with van der Waals surface area (Å²) in [5.74, 6) is 0.338. The van der Waals surface area contributed by atoms with Gasteiger partial charge in [-0.25, -0.2) is 0 Å². The number of halogens is 3. The summed E-state index contributed by atoms with van der Waals surface area (Å²) in [6, 6.07) is 23.1. The van der Waals surface area contributed by atoms with E-state index in [1.165, 1.54) is 5.56 Å². The number of carbonyl (C=O) groups is 2. The van der Waals surface area contributed by atoms with Crippen molar-refractivity contribution in [2.75, 3.05) is 0 Å². The molecule has 3 nitrogen and oxygen atoms in total. The summed E-state index contributed by atoms with van der Waals surface area (Å²) in [6.07, 6.45) is 0.592. The Morgan fingerprint density at radius 2 is 1.00 bits per heavy atom. The van der Waals surface area contributed by atoms with Gasteiger partial charge in [0.1, 0.15) is 5.78 Å². The second kappa shape index (κ2) is 14.2. The van der Waals surface area contributed by atoms with Gasteiger partial charge in [-0.3, -0.25) is 9.59 Å². The zero-order chi connectivity index (χ0) is 26.8. The quantitative estimate of drug-likeness (QED) is 0.276. The average molecular weight is 669 g/mol. The van der Waals surface area contributed by atoms with Crippen LogP contribution in [-0.4, -0.2) is 16.7 Å². The van der Waals surface area contributed by atoms with Crippen LogP contribution in [0.3, 0.4) is 0 Å². The Labute approximate surface area is 234 Å². The number of benzene rings is 3. The van der Waals surface area contributed by atoms with Gasteiger partial charge in [-0.15, -0.1) is 0 Å². The van der Waals surface area contributed by atoms with Crippen molar-refractivity contribution >= 4 is 59.4 Å². The van der Waals surface area contributed by atoms with Crippen LogP contribution in [0.1, 0.15) is 69.4 Å². The molecule has 3 aromatic carbocycles. The number of carbonyl (C=O) groups excluding carboxylic acids is 2. The molecule has 0 radical (unpaired) electrons. The van der Waals surface area contributed by atoms with Crippen LogP contribution in [0, 0.1) is 0 Å². The number of hydrogen-bond acceptors (Lipinski definition) is 3. The van der Waals surface area contributed by atoms with Gasteiger partial charge in [-0.2, -0.15) is 0 Å². The number of aliphatic hydroxyl groups is 1. The topological polar surface area (TPSA) is 54.4 Å². The third-order valence-electron chi connectivity index (χ3n) is 5.12. The first-order chi connectivity index (χ1) is 16.1. The van der Waals surface area contributed by atoms with Crippen molar-refractivity contribution < 1.29 is 14.7 Å². The highest BCUT2D eigenvalue weighted by atomic mass is 79.9. The Kier molecular flexibility index (Phi) is 12.8. The van der Waals surface area contributed by atoms with Crippen LogP contribution in [0.2, 0.25) is 0 Å². The van der Waals surface area contributed by atoms with Crippen molar-refractivity contribution in [1.82, 2.24) is 0 Å². The molecule has 188 valence electrons. The molecule has 0 spiro atoms. The Morgan fingerprint density at radius 3 is 1.31 bits per heavy atom. The minimum absolute atomic E-state index is 0.0630. The van der Waals surface area contributed by atoms with Crippen LogP contribution >= 0.6 is 47.8 Å². The summed E-state index contributed by atoms with van der Waals surface area (Å²) in [4.78, 5) is 21.8. The number of rotatable bonds is 5. The fourth-order valence-corrected chi connectivity index (χ4v) is 3.96. The maximum atomic E-state index is 11.1. The molecule has 0 amide bonds. The van der Waals surface area contributed by atoms with Crippen molar-refractivity contribution in [3.63, 3.8) is 0 Å². The third-order valence-corrected chi connectivity index (χ3v) is 6.70. The van der Waals surface area contributed by atoms with Crippen molar-refractivity contribution in [2.45, 2.75) is 59.0 Å². The van der Waals surface area contributed by atoms with E-state index in [-0.39, 0.29) is 17.0 Å². The summed E-state index contributed by atoms with van der Waals surface area (Å²) in [5, 5.41) is 9.56. The van der Waals surface area contributed by atoms with E-state index in [4.69, 9.17) is 0 Å². The fourth-order valence-electron chi connectivity index (χ4n) is 3.17. The molecule has 6 heteroatoms. The lowest BCUT2D eigenvalue weighted by atomic mass is 9.80. The lowest BCUT2D eigenvalue weighted by Crippen LogP contribution is -2.20. The predicted octanol–water partition coefficient (Wildman–Crippen LogP) is 9.03. The molecule has 3 aromatic rings. The van der Waals surface area contributed by atoms with E-state index in [9.17, 15) is 14.7 Å². The monoisotopic (exact) mass is 666 g/mol. The Morgan fingerprint density at radius 1 is 0.657 bits per heavy atom. The molecule has 0 aromatic heterocycles. The second-order valence-corrected chi connectivity index (χ2v) is 12.1. The maximum Gasteiger partial charge on any atom is 0.159 e. The lowest BCUT2D eigenvalue weighted by Gasteiger charge is -2.23. The van der Waals surface area contributed by atoms with E-state index in [0.717, 1.165) is 24.5 Å². The van der Waals surface area contributed by atoms with Gasteiger partial charge in [-0.1, -0.05) is 98.0 Å². The van der Waals surface area contributed by atoms with E-state index < -0.39 is 5.60 Å². The molecule has 3 rings (SSSR count). The van der Waals surface area contributed by atoms with Crippen LogP contribution in [0.5, 0.6) is 0 Å². The SMILES string of the molecule is CC(=O)CC(C)(C)c1ccc(Br)cc1.CC(=O)c1ccc(Br)cc1.CC(C)(O)c1ccc(Br)cc1. The van der Waals surface area contributed by atoms with E-state index in [1.807, 2.05) is 48.5 Å². The smallest absolute Gasteiger partial charge is 0.159 e. The Hall–Kier alpha value is -1.60. The van der Waals surface area contributed by atoms with Crippen LogP contribution in [0.15, 0.2) is 86.2 Å². The van der Waals surface area contributed by atoms with Crippen molar-refractivity contribution in [3.8, 4) is 0 Å². The first-order valence-corrected chi connectivity index (χ1v) is 13.5. The van der Waals surface area contributed by atoms with Crippen LogP contribution in [0.4, 0.5) is 0 Å². The molecular formula is C29H33Br3O3. The van der Waals surface area contributed by atoms with Gasteiger partial charge in [0, 0.05) is 25.4 Å². The van der Waals surface area contributed by atoms with Gasteiger partial charge in [0.2, 0.25) is 0 Å². The highest BCUT2D eigenvalue weighted by molar-refractivity contribution is 9.11. The van der Waals surface area contributed by atoms with Crippen LogP contribution in [0.25, 0.3) is 0 Å². The largest absolute Gasteiger partial charge is 0.386 e. The summed E-state index contributed by atoms with van der Waals surface area (Å²) in [6.45, 7) is 10.9. The molecule has 1 N–H and O–H groups in total. The fraction of sp³-hybridized carbons (Fsp3) is 0.310. The summed E-state index contributed by atoms with van der Waals surface area (Å²) < 4.78 is 3.10. The predicted molar refractivity (Wildman–Crippen MR) is 156 cm³/mol. The highest BCUT2D eigenvalue weighted by Gasteiger charge is 2.22. The molecule has 0 aliphatic heterocycles. The molecule has 0 atom stereocenters. The maximum absolute atomic E-state index is 11.1. The standard InChI is InChI=1S/C12H15BrO.C9H11BrO.C8H7BrO/c1-9(14)8-12(2,3)10-4-6-11(13)7-5-10;1-9(2,11)7-3-5-8(10)6-4-7;1-6(10)7-2-4-8(9)5-3-7/h4-7H,8H2,1-3H3;3-6,11H,1-2H3;2-5H,1H3. The third kappa shape index (κ3) is 12.3. The van der Waals surface area contributed by atoms with Gasteiger partial charge in [0.05, 0.1) is 5.60 Å². The summed E-state index contributed by atoms with van der Waals surface area (Å²) in [7, 11) is 0. The van der Waals surface area contributed by atoms with Gasteiger partial charge in [-0.05, 0) is 80.6 Å². The van der Waals surface area contributed by atoms with E-state index in [1.54, 1.807) is 39.8 Å². The molecule has 0 saturated carbocycles. The summed E-state index contributed by atoms with van der Waals surface area (Å²) >= 11 is 10.0. The van der Waals surface area contributed by atoms with Gasteiger partial charge >= 0.3 is 0 Å². The van der Waals surface area contributed by atoms with Crippen LogP contribution < -0.4 is 0 Å². The Bertz CT molecular complexity index is 1080. The molecular weight excluding hydrogens is 636 g/mol. The van der Waals surface area contributed by atoms with E-state index in [0.29, 0.717) is 6.42 Å². The van der Waals surface area contributed by atoms with Gasteiger partial charge in [0.25, 0.3) is 0 Å². The molecule has 0 fully saturated rings. The minimum Gasteiger partial charge on any atom is -0.386 e. The van der Waals surface area contributed by atoms with Crippen molar-refractivity contribution in [2.24, 2.45) is 0 Å². The molecule has 0 bridgehead atoms. The molecule has 0 aliphatic rings. The number of Topliss-reactive ketones (excluding diaryl/α,β-unsaturated/α-hetero) is 2. The van der Waals surface area contributed by atoms with Crippen LogP contribution in [-0.2, 0) is 15.8 Å².